The first-order chi connectivity index (χ1) is 19.3. The Morgan fingerprint density at radius 2 is 0.524 bits per heavy atom. The summed E-state index contributed by atoms with van der Waals surface area (Å²) in [6.45, 7) is 9.10. The van der Waals surface area contributed by atoms with Gasteiger partial charge in [0.05, 0.1) is 26.4 Å². The Morgan fingerprint density at radius 1 is 0.405 bits per heavy atom. The molecule has 0 aromatic rings. The smallest absolute Gasteiger partial charge is 0.753 e. The molecule has 0 fully saturated rings. The number of rotatable bonds is 16. The molecule has 0 aromatic carbocycles. The quantitative estimate of drug-likeness (QED) is 0.0318. The Kier molecular flexibility index (Phi) is 187. The fourth-order valence-corrected chi connectivity index (χ4v) is 1.22. The van der Waals surface area contributed by atoms with E-state index in [1.54, 1.807) is 0 Å². The van der Waals surface area contributed by atoms with Crippen molar-refractivity contribution in [3.63, 3.8) is 0 Å². The van der Waals surface area contributed by atoms with Crippen molar-refractivity contribution in [3.8, 4) is 0 Å². The van der Waals surface area contributed by atoms with Crippen molar-refractivity contribution in [2.75, 3.05) is 105 Å². The summed E-state index contributed by atoms with van der Waals surface area (Å²) in [7, 11) is 0. The van der Waals surface area contributed by atoms with Crippen LogP contribution in [0, 0.1) is 0 Å². The molecule has 0 aliphatic carbocycles. The van der Waals surface area contributed by atoms with Gasteiger partial charge in [-0.2, -0.15) is 20.6 Å². The number of isothiocyanates is 4. The van der Waals surface area contributed by atoms with Crippen molar-refractivity contribution in [1.29, 1.82) is 0 Å². The molecule has 42 heavy (non-hydrogen) atoms. The van der Waals surface area contributed by atoms with E-state index >= 15 is 0 Å². The van der Waals surface area contributed by atoms with Crippen LogP contribution in [0.3, 0.4) is 0 Å². The zero-order valence-electron chi connectivity index (χ0n) is 23.5. The van der Waals surface area contributed by atoms with Crippen LogP contribution < -0.4 is 44.2 Å². The molecule has 0 heterocycles. The van der Waals surface area contributed by atoms with Gasteiger partial charge in [0.2, 0.25) is 0 Å². The van der Waals surface area contributed by atoms with Crippen LogP contribution in [0.2, 0.25) is 0 Å². The van der Waals surface area contributed by atoms with E-state index in [1.165, 1.54) is 20.6 Å². The minimum Gasteiger partial charge on any atom is -0.753 e. The summed E-state index contributed by atoms with van der Waals surface area (Å²) in [4.78, 5) is 0. The molecule has 0 aromatic heterocycles. The van der Waals surface area contributed by atoms with Gasteiger partial charge >= 0.3 is 33.0 Å². The van der Waals surface area contributed by atoms with Gasteiger partial charge in [-0.05, 0) is 0 Å². The normalized spacial score (nSPS) is 7.05. The van der Waals surface area contributed by atoms with Crippen molar-refractivity contribution < 1.29 is 53.4 Å². The van der Waals surface area contributed by atoms with Crippen LogP contribution in [-0.4, -0.2) is 146 Å². The second-order valence-corrected chi connectivity index (χ2v) is 6.14. The van der Waals surface area contributed by atoms with Gasteiger partial charge in [-0.3, -0.25) is 0 Å². The van der Waals surface area contributed by atoms with Crippen molar-refractivity contribution in [1.82, 2.24) is 21.3 Å². The maximum atomic E-state index is 8.19. The topological polar surface area (TPSA) is 322 Å². The van der Waals surface area contributed by atoms with E-state index in [0.717, 1.165) is 26.2 Å². The fourth-order valence-electron chi connectivity index (χ4n) is 1.22. The summed E-state index contributed by atoms with van der Waals surface area (Å²) in [5, 5.41) is 78.3. The van der Waals surface area contributed by atoms with Crippen LogP contribution in [0.15, 0.2) is 0 Å². The molecular formula is C20H48N12Ni2O4S4. The summed E-state index contributed by atoms with van der Waals surface area (Å²) in [6.07, 6.45) is 0. The van der Waals surface area contributed by atoms with E-state index in [1.807, 2.05) is 0 Å². The first-order valence-electron chi connectivity index (χ1n) is 11.4. The van der Waals surface area contributed by atoms with E-state index in [4.69, 9.17) is 65.0 Å². The molecule has 0 saturated carbocycles. The molecule has 0 aliphatic heterocycles. The molecule has 0 radical (unpaired) electrons. The van der Waals surface area contributed by atoms with Gasteiger partial charge < -0.3 is 86.3 Å². The zero-order chi connectivity index (χ0) is 33.0. The Labute approximate surface area is 292 Å². The molecule has 0 aliphatic rings. The molecule has 0 rings (SSSR count). The van der Waals surface area contributed by atoms with Gasteiger partial charge in [-0.15, -0.1) is 0 Å². The summed E-state index contributed by atoms with van der Waals surface area (Å²) in [5.41, 5.74) is 20.5. The molecule has 256 valence electrons. The van der Waals surface area contributed by atoms with E-state index in [2.05, 4.69) is 70.1 Å². The molecule has 0 saturated heterocycles. The summed E-state index contributed by atoms with van der Waals surface area (Å²) < 4.78 is 0. The molecular weight excluding hydrogens is 718 g/mol. The Morgan fingerprint density at radius 3 is 0.595 bits per heavy atom. The number of nitrogens with one attached hydrogen (secondary N) is 4. The fraction of sp³-hybridized carbons (Fsp3) is 0.800. The van der Waals surface area contributed by atoms with E-state index in [9.17, 15) is 0 Å². The predicted octanol–water partition coefficient (Wildman–Crippen LogP) is -3.26. The number of hydrogen-bond donors (Lipinski definition) is 12. The van der Waals surface area contributed by atoms with Crippen LogP contribution in [0.1, 0.15) is 0 Å². The molecule has 22 heteroatoms. The standard InChI is InChI=1S/4C4H12N2O.4CNS.2Ni/c4*5-1-2-6-3-4-7;4*2-1-3;;/h4*6-7H,1-5H2;;;;;;/q;;;;4*-1;2*+2. The second kappa shape index (κ2) is 114. The van der Waals surface area contributed by atoms with Crippen molar-refractivity contribution in [2.45, 2.75) is 0 Å². The summed E-state index contributed by atoms with van der Waals surface area (Å²) in [6, 6.07) is 0. The first-order valence-corrected chi connectivity index (χ1v) is 13.1. The maximum Gasteiger partial charge on any atom is 2.00 e. The summed E-state index contributed by atoms with van der Waals surface area (Å²) >= 11 is 14.8. The van der Waals surface area contributed by atoms with Crippen LogP contribution >= 0.6 is 48.9 Å². The van der Waals surface area contributed by atoms with Gasteiger partial charge in [0.25, 0.3) is 0 Å². The average Bonchev–Trinajstić information content (AvgIpc) is 2.93. The first kappa shape index (κ1) is 68.7. The van der Waals surface area contributed by atoms with Crippen molar-refractivity contribution in [2.24, 2.45) is 22.9 Å². The predicted molar refractivity (Wildman–Crippen MR) is 180 cm³/mol. The number of nitrogens with zero attached hydrogens (tertiary/aromatic N) is 4. The number of nitrogens with two attached hydrogens (primary N) is 4. The third kappa shape index (κ3) is 241. The third-order valence-corrected chi connectivity index (χ3v) is 2.44. The molecule has 0 spiro atoms. The summed E-state index contributed by atoms with van der Waals surface area (Å²) in [5.74, 6) is 0. The Hall–Kier alpha value is -0.293. The minimum atomic E-state index is 0. The van der Waals surface area contributed by atoms with E-state index < -0.39 is 0 Å². The van der Waals surface area contributed by atoms with Gasteiger partial charge in [0.1, 0.15) is 0 Å². The van der Waals surface area contributed by atoms with Gasteiger partial charge in [-0.25, -0.2) is 0 Å². The Balaban J connectivity index is -0.0000000356. The molecule has 0 amide bonds. The molecule has 16 nitrogen and oxygen atoms in total. The second-order valence-electron chi connectivity index (χ2n) is 5.41. The van der Waals surface area contributed by atoms with Crippen LogP contribution in [0.4, 0.5) is 0 Å². The van der Waals surface area contributed by atoms with Crippen molar-refractivity contribution in [3.05, 3.63) is 21.6 Å². The Bertz CT molecular complexity index is 415. The minimum absolute atomic E-state index is 0. The zero-order valence-corrected chi connectivity index (χ0v) is 28.7. The monoisotopic (exact) mass is 764 g/mol. The third-order valence-electron chi connectivity index (χ3n) is 2.44. The SMILES string of the molecule is NCCNCCO.NCCNCCO.NCCNCCO.NCCNCCO.[N-]=C=S.[N-]=C=S.[N-]=C=S.[N-]=C=S.[Ni+2].[Ni+2]. The number of thiocarbonyl (C=S) groups is 4. The van der Waals surface area contributed by atoms with Gasteiger partial charge in [0.15, 0.2) is 0 Å². The van der Waals surface area contributed by atoms with Crippen LogP contribution in [-0.2, 0) is 33.0 Å². The van der Waals surface area contributed by atoms with Crippen LogP contribution in [0.25, 0.3) is 21.6 Å². The van der Waals surface area contributed by atoms with Gasteiger partial charge in [-0.1, -0.05) is 48.9 Å². The van der Waals surface area contributed by atoms with E-state index in [-0.39, 0.29) is 59.4 Å². The number of aliphatic hydroxyl groups is 4. The molecule has 0 unspecified atom stereocenters. The number of hydrogen-bond acceptors (Lipinski definition) is 16. The molecule has 16 N–H and O–H groups in total. The van der Waals surface area contributed by atoms with E-state index in [0.29, 0.717) is 52.4 Å². The number of aliphatic hydroxyl groups excluding tert-OH is 4. The average molecular weight is 766 g/mol. The van der Waals surface area contributed by atoms with Crippen molar-refractivity contribution >= 4 is 69.5 Å². The molecule has 0 atom stereocenters. The van der Waals surface area contributed by atoms with Gasteiger partial charge in [0, 0.05) is 78.5 Å². The van der Waals surface area contributed by atoms with Crippen LogP contribution in [0.5, 0.6) is 0 Å². The largest absolute Gasteiger partial charge is 2.00 e. The maximum absolute atomic E-state index is 8.19. The molecule has 0 bridgehead atoms.